The van der Waals surface area contributed by atoms with Crippen LogP contribution in [-0.2, 0) is 4.79 Å². The topological polar surface area (TPSA) is 45.2 Å². The molecule has 1 saturated heterocycles. The molecule has 2 aromatic carbocycles. The summed E-state index contributed by atoms with van der Waals surface area (Å²) >= 11 is 0. The highest BCUT2D eigenvalue weighted by atomic mass is 16.1. The second-order valence-corrected chi connectivity index (χ2v) is 6.55. The number of pyridine rings is 1. The summed E-state index contributed by atoms with van der Waals surface area (Å²) in [5.41, 5.74) is 4.44. The molecule has 0 atom stereocenters. The summed E-state index contributed by atoms with van der Waals surface area (Å²) in [5, 5.41) is 4.73. The lowest BCUT2D eigenvalue weighted by atomic mass is 10.0. The van der Waals surface area contributed by atoms with E-state index in [2.05, 4.69) is 46.7 Å². The molecule has 1 fully saturated rings. The van der Waals surface area contributed by atoms with E-state index in [0.29, 0.717) is 6.04 Å². The maximum absolute atomic E-state index is 10.8. The highest BCUT2D eigenvalue weighted by Gasteiger charge is 2.17. The molecule has 1 amide bonds. The van der Waals surface area contributed by atoms with Crippen molar-refractivity contribution in [1.29, 1.82) is 0 Å². The predicted molar refractivity (Wildman–Crippen MR) is 101 cm³/mol. The number of para-hydroxylation sites is 1. The van der Waals surface area contributed by atoms with Crippen molar-refractivity contribution < 1.29 is 4.79 Å². The molecule has 0 saturated carbocycles. The minimum Gasteiger partial charge on any atom is -0.382 e. The van der Waals surface area contributed by atoms with Crippen molar-refractivity contribution in [2.75, 3.05) is 18.4 Å². The lowest BCUT2D eigenvalue weighted by Crippen LogP contribution is -2.38. The number of hydrogen-bond donors (Lipinski definition) is 1. The van der Waals surface area contributed by atoms with Crippen molar-refractivity contribution in [3.63, 3.8) is 0 Å². The van der Waals surface area contributed by atoms with Crippen molar-refractivity contribution in [3.8, 4) is 11.1 Å². The molecule has 2 heterocycles. The minimum absolute atomic E-state index is 0.435. The van der Waals surface area contributed by atoms with Gasteiger partial charge in [0.2, 0.25) is 6.41 Å². The molecule has 0 radical (unpaired) electrons. The smallest absolute Gasteiger partial charge is 0.209 e. The number of anilines is 1. The van der Waals surface area contributed by atoms with Gasteiger partial charge in [0.1, 0.15) is 0 Å². The van der Waals surface area contributed by atoms with Crippen LogP contribution in [0.3, 0.4) is 0 Å². The largest absolute Gasteiger partial charge is 0.382 e. The quantitative estimate of drug-likeness (QED) is 0.737. The molecule has 1 aromatic heterocycles. The fourth-order valence-electron chi connectivity index (χ4n) is 3.37. The van der Waals surface area contributed by atoms with Gasteiger partial charge in [-0.1, -0.05) is 30.3 Å². The lowest BCUT2D eigenvalue weighted by Gasteiger charge is -2.30. The third-order valence-corrected chi connectivity index (χ3v) is 4.86. The van der Waals surface area contributed by atoms with E-state index in [4.69, 9.17) is 0 Å². The molecule has 3 aromatic rings. The van der Waals surface area contributed by atoms with Gasteiger partial charge in [0.25, 0.3) is 0 Å². The van der Waals surface area contributed by atoms with Crippen LogP contribution < -0.4 is 5.32 Å². The molecule has 4 nitrogen and oxygen atoms in total. The molecule has 1 N–H and O–H groups in total. The van der Waals surface area contributed by atoms with Crippen molar-refractivity contribution >= 4 is 23.0 Å². The Balaban J connectivity index is 1.47. The molecule has 4 heteroatoms. The molecule has 25 heavy (non-hydrogen) atoms. The highest BCUT2D eigenvalue weighted by Crippen LogP contribution is 2.25. The van der Waals surface area contributed by atoms with Crippen LogP contribution >= 0.6 is 0 Å². The number of nitrogens with zero attached hydrogens (tertiary/aromatic N) is 2. The van der Waals surface area contributed by atoms with Crippen LogP contribution in [0.5, 0.6) is 0 Å². The molecule has 0 spiro atoms. The summed E-state index contributed by atoms with van der Waals surface area (Å²) in [4.78, 5) is 17.2. The SMILES string of the molecule is O=CN1CCC(Nc2ccc(-c3cnc4ccccc4c3)cc2)CC1. The first-order valence-corrected chi connectivity index (χ1v) is 8.73. The number of fused-ring (bicyclic) bond motifs is 1. The van der Waals surface area contributed by atoms with Crippen LogP contribution in [0, 0.1) is 0 Å². The van der Waals surface area contributed by atoms with E-state index in [1.807, 2.05) is 29.3 Å². The highest BCUT2D eigenvalue weighted by molar-refractivity contribution is 5.83. The van der Waals surface area contributed by atoms with Gasteiger partial charge in [0.05, 0.1) is 5.52 Å². The number of benzene rings is 2. The number of carbonyl (C=O) groups excluding carboxylic acids is 1. The summed E-state index contributed by atoms with van der Waals surface area (Å²) in [5.74, 6) is 0. The Hall–Kier alpha value is -2.88. The van der Waals surface area contributed by atoms with E-state index in [-0.39, 0.29) is 0 Å². The van der Waals surface area contributed by atoms with Crippen molar-refractivity contribution in [2.24, 2.45) is 0 Å². The second kappa shape index (κ2) is 6.93. The standard InChI is InChI=1S/C21H21N3O/c25-15-24-11-9-20(10-12-24)23-19-7-5-16(6-8-19)18-13-17-3-1-2-4-21(17)22-14-18/h1-8,13-15,20,23H,9-12H2. The van der Waals surface area contributed by atoms with Gasteiger partial charge in [-0.3, -0.25) is 9.78 Å². The predicted octanol–water partition coefficient (Wildman–Crippen LogP) is 3.93. The number of aromatic nitrogens is 1. The summed E-state index contributed by atoms with van der Waals surface area (Å²) in [7, 11) is 0. The number of likely N-dealkylation sites (tertiary alicyclic amines) is 1. The third kappa shape index (κ3) is 3.48. The van der Waals surface area contributed by atoms with Crippen molar-refractivity contribution in [3.05, 3.63) is 60.8 Å². The molecule has 0 bridgehead atoms. The van der Waals surface area contributed by atoms with E-state index >= 15 is 0 Å². The Morgan fingerprint density at radius 2 is 1.76 bits per heavy atom. The Morgan fingerprint density at radius 3 is 2.52 bits per heavy atom. The van der Waals surface area contributed by atoms with Crippen LogP contribution in [0.2, 0.25) is 0 Å². The van der Waals surface area contributed by atoms with E-state index in [1.54, 1.807) is 0 Å². The molecular formula is C21H21N3O. The summed E-state index contributed by atoms with van der Waals surface area (Å²) < 4.78 is 0. The van der Waals surface area contributed by atoms with E-state index < -0.39 is 0 Å². The maximum Gasteiger partial charge on any atom is 0.209 e. The number of hydrogen-bond acceptors (Lipinski definition) is 3. The monoisotopic (exact) mass is 331 g/mol. The number of rotatable bonds is 4. The summed E-state index contributed by atoms with van der Waals surface area (Å²) in [6.45, 7) is 1.67. The Bertz CT molecular complexity index is 868. The molecule has 0 unspecified atom stereocenters. The van der Waals surface area contributed by atoms with Gasteiger partial charge in [0.15, 0.2) is 0 Å². The van der Waals surface area contributed by atoms with E-state index in [0.717, 1.165) is 54.5 Å². The zero-order valence-corrected chi connectivity index (χ0v) is 14.1. The van der Waals surface area contributed by atoms with E-state index in [9.17, 15) is 4.79 Å². The Morgan fingerprint density at radius 1 is 1.00 bits per heavy atom. The number of piperidine rings is 1. The molecule has 1 aliphatic rings. The van der Waals surface area contributed by atoms with Crippen molar-refractivity contribution in [1.82, 2.24) is 9.88 Å². The summed E-state index contributed by atoms with van der Waals surface area (Å²) in [6, 6.07) is 19.3. The molecule has 4 rings (SSSR count). The second-order valence-electron chi connectivity index (χ2n) is 6.55. The number of carbonyl (C=O) groups is 1. The van der Waals surface area contributed by atoms with Crippen molar-refractivity contribution in [2.45, 2.75) is 18.9 Å². The maximum atomic E-state index is 10.8. The molecule has 126 valence electrons. The fourth-order valence-corrected chi connectivity index (χ4v) is 3.37. The molecule has 0 aliphatic carbocycles. The van der Waals surface area contributed by atoms with E-state index in [1.165, 1.54) is 5.56 Å². The Labute approximate surface area is 147 Å². The van der Waals surface area contributed by atoms with Crippen LogP contribution in [0.4, 0.5) is 5.69 Å². The zero-order chi connectivity index (χ0) is 17.1. The average Bonchev–Trinajstić information content (AvgIpc) is 2.69. The van der Waals surface area contributed by atoms with Crippen LogP contribution in [0.15, 0.2) is 60.8 Å². The molecular weight excluding hydrogens is 310 g/mol. The van der Waals surface area contributed by atoms with Gasteiger partial charge in [-0.05, 0) is 42.7 Å². The number of amides is 1. The number of nitrogens with one attached hydrogen (secondary N) is 1. The third-order valence-electron chi connectivity index (χ3n) is 4.86. The van der Waals surface area contributed by atoms with Gasteiger partial charge >= 0.3 is 0 Å². The van der Waals surface area contributed by atoms with Gasteiger partial charge in [-0.15, -0.1) is 0 Å². The van der Waals surface area contributed by atoms with Gasteiger partial charge < -0.3 is 10.2 Å². The first-order chi connectivity index (χ1) is 12.3. The van der Waals surface area contributed by atoms with Gasteiger partial charge in [-0.25, -0.2) is 0 Å². The lowest BCUT2D eigenvalue weighted by molar-refractivity contribution is -0.118. The van der Waals surface area contributed by atoms with Gasteiger partial charge in [-0.2, -0.15) is 0 Å². The first kappa shape index (κ1) is 15.6. The summed E-state index contributed by atoms with van der Waals surface area (Å²) in [6.07, 6.45) is 4.87. The van der Waals surface area contributed by atoms with Crippen LogP contribution in [0.25, 0.3) is 22.0 Å². The van der Waals surface area contributed by atoms with Crippen LogP contribution in [-0.4, -0.2) is 35.4 Å². The minimum atomic E-state index is 0.435. The molecule has 1 aliphatic heterocycles. The zero-order valence-electron chi connectivity index (χ0n) is 14.1. The first-order valence-electron chi connectivity index (χ1n) is 8.73. The average molecular weight is 331 g/mol. The van der Waals surface area contributed by atoms with Crippen LogP contribution in [0.1, 0.15) is 12.8 Å². The normalized spacial score (nSPS) is 15.3. The van der Waals surface area contributed by atoms with Gasteiger partial charge in [0, 0.05) is 42.0 Å². The Kier molecular flexibility index (Phi) is 4.34. The fraction of sp³-hybridized carbons (Fsp3) is 0.238.